The Morgan fingerprint density at radius 1 is 1.24 bits per heavy atom. The number of pyridine rings is 1. The highest BCUT2D eigenvalue weighted by molar-refractivity contribution is 5.49. The minimum Gasteiger partial charge on any atom is -0.492 e. The van der Waals surface area contributed by atoms with Gasteiger partial charge in [-0.25, -0.2) is 5.43 Å². The molecule has 0 aliphatic rings. The van der Waals surface area contributed by atoms with Gasteiger partial charge in [0.2, 0.25) is 0 Å². The first kappa shape index (κ1) is 15.3. The molecule has 1 unspecified atom stereocenters. The van der Waals surface area contributed by atoms with Gasteiger partial charge in [-0.3, -0.25) is 10.8 Å². The van der Waals surface area contributed by atoms with Crippen LogP contribution in [0, 0.1) is 0 Å². The smallest absolute Gasteiger partial charge is 0.137 e. The lowest BCUT2D eigenvalue weighted by atomic mass is 10.00. The Bertz CT molecular complexity index is 586. The van der Waals surface area contributed by atoms with Crippen molar-refractivity contribution in [2.24, 2.45) is 5.84 Å². The van der Waals surface area contributed by atoms with Crippen LogP contribution >= 0.6 is 0 Å². The fraction of sp³-hybridized carbons (Fsp3) is 0.312. The van der Waals surface area contributed by atoms with E-state index in [1.165, 1.54) is 0 Å². The van der Waals surface area contributed by atoms with Crippen molar-refractivity contribution in [2.75, 3.05) is 25.6 Å². The zero-order valence-corrected chi connectivity index (χ0v) is 12.7. The van der Waals surface area contributed by atoms with E-state index in [0.29, 0.717) is 6.61 Å². The topological polar surface area (TPSA) is 63.4 Å². The second-order valence-electron chi connectivity index (χ2n) is 4.98. The molecule has 0 saturated carbocycles. The van der Waals surface area contributed by atoms with Gasteiger partial charge in [-0.15, -0.1) is 0 Å². The summed E-state index contributed by atoms with van der Waals surface area (Å²) in [5.74, 6) is 6.50. The molecule has 1 aromatic carbocycles. The Labute approximate surface area is 125 Å². The summed E-state index contributed by atoms with van der Waals surface area (Å²) in [7, 11) is 4.03. The maximum absolute atomic E-state index is 5.75. The van der Waals surface area contributed by atoms with Crippen LogP contribution < -0.4 is 20.9 Å². The van der Waals surface area contributed by atoms with Gasteiger partial charge in [0.25, 0.3) is 0 Å². The minimum absolute atomic E-state index is 0.127. The van der Waals surface area contributed by atoms with Gasteiger partial charge in [0, 0.05) is 26.0 Å². The SMILES string of the molecule is CCOc1cncc(C(NN)c2cccc(N(C)C)c2)c1. The number of ether oxygens (including phenoxy) is 1. The number of nitrogens with zero attached hydrogens (tertiary/aromatic N) is 2. The summed E-state index contributed by atoms with van der Waals surface area (Å²) >= 11 is 0. The third-order valence-electron chi connectivity index (χ3n) is 3.27. The van der Waals surface area contributed by atoms with E-state index >= 15 is 0 Å². The number of hydrazine groups is 1. The monoisotopic (exact) mass is 286 g/mol. The molecule has 2 aromatic rings. The molecule has 0 aliphatic heterocycles. The van der Waals surface area contributed by atoms with Crippen LogP contribution in [0.5, 0.6) is 5.75 Å². The van der Waals surface area contributed by atoms with Crippen LogP contribution in [0.25, 0.3) is 0 Å². The predicted octanol–water partition coefficient (Wildman–Crippen LogP) is 2.10. The summed E-state index contributed by atoms with van der Waals surface area (Å²) in [5, 5.41) is 0. The van der Waals surface area contributed by atoms with E-state index in [1.807, 2.05) is 39.2 Å². The van der Waals surface area contributed by atoms with Crippen molar-refractivity contribution >= 4 is 5.69 Å². The van der Waals surface area contributed by atoms with E-state index in [1.54, 1.807) is 12.4 Å². The Morgan fingerprint density at radius 3 is 2.71 bits per heavy atom. The third kappa shape index (κ3) is 3.71. The van der Waals surface area contributed by atoms with Gasteiger partial charge in [0.15, 0.2) is 0 Å². The van der Waals surface area contributed by atoms with E-state index in [-0.39, 0.29) is 6.04 Å². The average Bonchev–Trinajstić information content (AvgIpc) is 2.49. The quantitative estimate of drug-likeness (QED) is 0.629. The van der Waals surface area contributed by atoms with E-state index < -0.39 is 0 Å². The second-order valence-corrected chi connectivity index (χ2v) is 4.98. The van der Waals surface area contributed by atoms with E-state index in [2.05, 4.69) is 27.4 Å². The van der Waals surface area contributed by atoms with E-state index in [9.17, 15) is 0 Å². The standard InChI is InChI=1S/C16H22N4O/c1-4-21-15-9-13(10-18-11-15)16(19-17)12-6-5-7-14(8-12)20(2)3/h5-11,16,19H,4,17H2,1-3H3. The van der Waals surface area contributed by atoms with Crippen LogP contribution in [-0.2, 0) is 0 Å². The third-order valence-corrected chi connectivity index (χ3v) is 3.27. The number of nitrogens with one attached hydrogen (secondary N) is 1. The fourth-order valence-corrected chi connectivity index (χ4v) is 2.21. The molecule has 0 amide bonds. The van der Waals surface area contributed by atoms with Crippen molar-refractivity contribution in [3.8, 4) is 5.75 Å². The zero-order valence-electron chi connectivity index (χ0n) is 12.7. The average molecular weight is 286 g/mol. The van der Waals surface area contributed by atoms with Crippen molar-refractivity contribution in [3.63, 3.8) is 0 Å². The highest BCUT2D eigenvalue weighted by Crippen LogP contribution is 2.26. The highest BCUT2D eigenvalue weighted by atomic mass is 16.5. The number of aromatic nitrogens is 1. The highest BCUT2D eigenvalue weighted by Gasteiger charge is 2.14. The van der Waals surface area contributed by atoms with Gasteiger partial charge >= 0.3 is 0 Å². The number of nitrogens with two attached hydrogens (primary N) is 1. The first-order chi connectivity index (χ1) is 10.2. The second kappa shape index (κ2) is 7.06. The van der Waals surface area contributed by atoms with Crippen molar-refractivity contribution in [1.82, 2.24) is 10.4 Å². The van der Waals surface area contributed by atoms with Crippen molar-refractivity contribution in [3.05, 3.63) is 53.9 Å². The summed E-state index contributed by atoms with van der Waals surface area (Å²) in [5.41, 5.74) is 6.04. The summed E-state index contributed by atoms with van der Waals surface area (Å²) in [4.78, 5) is 6.29. The molecule has 0 aliphatic carbocycles. The lowest BCUT2D eigenvalue weighted by Crippen LogP contribution is -2.29. The first-order valence-corrected chi connectivity index (χ1v) is 6.97. The predicted molar refractivity (Wildman–Crippen MR) is 85.3 cm³/mol. The molecule has 0 radical (unpaired) electrons. The molecule has 5 heteroatoms. The molecule has 5 nitrogen and oxygen atoms in total. The summed E-state index contributed by atoms with van der Waals surface area (Å²) in [6.45, 7) is 2.56. The van der Waals surface area contributed by atoms with Crippen molar-refractivity contribution in [1.29, 1.82) is 0 Å². The Morgan fingerprint density at radius 2 is 2.05 bits per heavy atom. The Kier molecular flexibility index (Phi) is 5.14. The number of hydrogen-bond donors (Lipinski definition) is 2. The fourth-order valence-electron chi connectivity index (χ4n) is 2.21. The zero-order chi connectivity index (χ0) is 15.2. The molecule has 112 valence electrons. The maximum Gasteiger partial charge on any atom is 0.137 e. The molecule has 2 rings (SSSR count). The maximum atomic E-state index is 5.75. The molecule has 1 heterocycles. The Hall–Kier alpha value is -2.11. The molecular formula is C16H22N4O. The van der Waals surface area contributed by atoms with E-state index in [4.69, 9.17) is 10.6 Å². The van der Waals surface area contributed by atoms with Gasteiger partial charge in [0.05, 0.1) is 18.8 Å². The van der Waals surface area contributed by atoms with Gasteiger partial charge in [-0.1, -0.05) is 12.1 Å². The number of benzene rings is 1. The van der Waals surface area contributed by atoms with Crippen molar-refractivity contribution in [2.45, 2.75) is 13.0 Å². The molecule has 0 spiro atoms. The lowest BCUT2D eigenvalue weighted by molar-refractivity contribution is 0.338. The lowest BCUT2D eigenvalue weighted by Gasteiger charge is -2.20. The van der Waals surface area contributed by atoms with Gasteiger partial charge in [-0.05, 0) is 36.2 Å². The molecule has 0 bridgehead atoms. The molecule has 0 saturated heterocycles. The minimum atomic E-state index is -0.127. The van der Waals surface area contributed by atoms with Crippen LogP contribution in [-0.4, -0.2) is 25.7 Å². The molecule has 1 atom stereocenters. The van der Waals surface area contributed by atoms with Gasteiger partial charge in [-0.2, -0.15) is 0 Å². The molecule has 0 fully saturated rings. The number of rotatable bonds is 6. The van der Waals surface area contributed by atoms with Crippen LogP contribution in [0.15, 0.2) is 42.7 Å². The summed E-state index contributed by atoms with van der Waals surface area (Å²) < 4.78 is 5.50. The van der Waals surface area contributed by atoms with Crippen LogP contribution in [0.2, 0.25) is 0 Å². The normalized spacial score (nSPS) is 12.0. The van der Waals surface area contributed by atoms with Crippen molar-refractivity contribution < 1.29 is 4.74 Å². The number of hydrogen-bond acceptors (Lipinski definition) is 5. The number of anilines is 1. The van der Waals surface area contributed by atoms with Gasteiger partial charge < -0.3 is 9.64 Å². The summed E-state index contributed by atoms with van der Waals surface area (Å²) in [6, 6.07) is 10.1. The largest absolute Gasteiger partial charge is 0.492 e. The van der Waals surface area contributed by atoms with Crippen LogP contribution in [0.1, 0.15) is 24.1 Å². The van der Waals surface area contributed by atoms with Gasteiger partial charge in [0.1, 0.15) is 5.75 Å². The van der Waals surface area contributed by atoms with Crippen LogP contribution in [0.3, 0.4) is 0 Å². The molecule has 1 aromatic heterocycles. The Balaban J connectivity index is 2.35. The van der Waals surface area contributed by atoms with E-state index in [0.717, 1.165) is 22.6 Å². The molecule has 21 heavy (non-hydrogen) atoms. The first-order valence-electron chi connectivity index (χ1n) is 6.97. The van der Waals surface area contributed by atoms with Crippen LogP contribution in [0.4, 0.5) is 5.69 Å². The molecular weight excluding hydrogens is 264 g/mol. The molecule has 3 N–H and O–H groups in total. The summed E-state index contributed by atoms with van der Waals surface area (Å²) in [6.07, 6.45) is 3.51.